The number of hydrogen-bond acceptors (Lipinski definition) is 5. The predicted octanol–water partition coefficient (Wildman–Crippen LogP) is 5.00. The summed E-state index contributed by atoms with van der Waals surface area (Å²) in [5.41, 5.74) is 1.35. The van der Waals surface area contributed by atoms with Crippen LogP contribution in [0.5, 0.6) is 0 Å². The number of aliphatic hydroxyl groups excluding tert-OH is 1. The van der Waals surface area contributed by atoms with Gasteiger partial charge in [0.05, 0.1) is 24.0 Å². The highest BCUT2D eigenvalue weighted by molar-refractivity contribution is 5.86. The summed E-state index contributed by atoms with van der Waals surface area (Å²) in [4.78, 5) is 41.5. The molecule has 1 aliphatic rings. The monoisotopic (exact) mass is 560 g/mol. The van der Waals surface area contributed by atoms with Gasteiger partial charge in [-0.05, 0) is 43.2 Å². The number of nitrogens with one attached hydrogen (secondary N) is 1. The van der Waals surface area contributed by atoms with Gasteiger partial charge in [0.15, 0.2) is 0 Å². The number of rotatable bonds is 17. The number of amides is 2. The third-order valence-corrected chi connectivity index (χ3v) is 7.73. The van der Waals surface area contributed by atoms with E-state index in [2.05, 4.69) is 18.5 Å². The van der Waals surface area contributed by atoms with Crippen molar-refractivity contribution in [3.63, 3.8) is 0 Å². The second-order valence-corrected chi connectivity index (χ2v) is 10.9. The quantitative estimate of drug-likeness (QED) is 0.210. The number of allylic oxidation sites excluding steroid dienone is 2. The maximum Gasteiger partial charge on any atom is 0.309 e. The molecule has 2 amide bonds. The van der Waals surface area contributed by atoms with Crippen molar-refractivity contribution < 1.29 is 24.2 Å². The van der Waals surface area contributed by atoms with E-state index in [0.29, 0.717) is 38.6 Å². The lowest BCUT2D eigenvalue weighted by Gasteiger charge is -2.32. The van der Waals surface area contributed by atoms with Crippen molar-refractivity contribution in [1.82, 2.24) is 10.2 Å². The normalized spacial score (nSPS) is 15.3. The van der Waals surface area contributed by atoms with Crippen molar-refractivity contribution in [3.05, 3.63) is 97.1 Å². The average Bonchev–Trinajstić information content (AvgIpc) is 3.44. The van der Waals surface area contributed by atoms with Crippen LogP contribution in [0.15, 0.2) is 86.0 Å². The molecular weight excluding hydrogens is 516 g/mol. The van der Waals surface area contributed by atoms with Crippen LogP contribution in [0, 0.1) is 11.8 Å². The van der Waals surface area contributed by atoms with Gasteiger partial charge in [-0.25, -0.2) is 0 Å². The molecule has 0 heterocycles. The number of benzene rings is 2. The molecule has 0 aromatic heterocycles. The zero-order valence-corrected chi connectivity index (χ0v) is 24.0. The van der Waals surface area contributed by atoms with Crippen LogP contribution in [-0.4, -0.2) is 53.1 Å². The highest BCUT2D eigenvalue weighted by Crippen LogP contribution is 2.31. The third kappa shape index (κ3) is 10.0. The van der Waals surface area contributed by atoms with E-state index in [4.69, 9.17) is 4.74 Å². The highest BCUT2D eigenvalue weighted by Gasteiger charge is 2.39. The van der Waals surface area contributed by atoms with Crippen molar-refractivity contribution in [2.45, 2.75) is 63.5 Å². The molecular formula is C34H44N2O5. The summed E-state index contributed by atoms with van der Waals surface area (Å²) < 4.78 is 5.85. The zero-order chi connectivity index (χ0) is 29.5. The standard InChI is InChI=1S/C34H44N2O5/c1-3-13-29(24-31(38)36(21-22-37)25-28-17-9-6-10-18-28)32(39)35-34(19-11-12-20-34)26-41-33(40)30(14-4-2)23-27-15-7-5-8-16-27/h3-10,15-18,29-30,37H,1-2,11-14,19-26H2,(H,35,39)/t29-,30+/m0/s1. The Morgan fingerprint density at radius 1 is 0.927 bits per heavy atom. The number of carbonyl (C=O) groups is 3. The summed E-state index contributed by atoms with van der Waals surface area (Å²) in [6.07, 6.45) is 8.03. The van der Waals surface area contributed by atoms with Gasteiger partial charge in [0.25, 0.3) is 0 Å². The number of aliphatic hydroxyl groups is 1. The fourth-order valence-corrected chi connectivity index (χ4v) is 5.45. The molecule has 0 bridgehead atoms. The summed E-state index contributed by atoms with van der Waals surface area (Å²) >= 11 is 0. The Bertz CT molecular complexity index is 1130. The van der Waals surface area contributed by atoms with Crippen molar-refractivity contribution >= 4 is 17.8 Å². The minimum atomic E-state index is -0.657. The van der Waals surface area contributed by atoms with Crippen LogP contribution in [-0.2, 0) is 32.1 Å². The first-order valence-corrected chi connectivity index (χ1v) is 14.6. The molecule has 2 atom stereocenters. The van der Waals surface area contributed by atoms with Crippen molar-refractivity contribution in [1.29, 1.82) is 0 Å². The van der Waals surface area contributed by atoms with Crippen LogP contribution in [0.2, 0.25) is 0 Å². The zero-order valence-electron chi connectivity index (χ0n) is 24.0. The van der Waals surface area contributed by atoms with Gasteiger partial charge in [-0.15, -0.1) is 13.2 Å². The van der Waals surface area contributed by atoms with Crippen LogP contribution in [0.4, 0.5) is 0 Å². The lowest BCUT2D eigenvalue weighted by Crippen LogP contribution is -2.52. The molecule has 2 N–H and O–H groups in total. The van der Waals surface area contributed by atoms with E-state index in [9.17, 15) is 19.5 Å². The van der Waals surface area contributed by atoms with E-state index in [1.165, 1.54) is 0 Å². The molecule has 0 radical (unpaired) electrons. The minimum Gasteiger partial charge on any atom is -0.463 e. The van der Waals surface area contributed by atoms with Gasteiger partial charge in [-0.3, -0.25) is 14.4 Å². The number of carbonyl (C=O) groups excluding carboxylic acids is 3. The molecule has 2 aromatic rings. The Morgan fingerprint density at radius 3 is 2.10 bits per heavy atom. The molecule has 41 heavy (non-hydrogen) atoms. The molecule has 1 fully saturated rings. The summed E-state index contributed by atoms with van der Waals surface area (Å²) in [6, 6.07) is 19.4. The smallest absolute Gasteiger partial charge is 0.309 e. The SMILES string of the molecule is C=CC[C@@H](CC(=O)N(CCO)Cc1ccccc1)C(=O)NC1(COC(=O)[C@H](CC=C)Cc2ccccc2)CCCC1. The molecule has 220 valence electrons. The maximum absolute atomic E-state index is 13.6. The summed E-state index contributed by atoms with van der Waals surface area (Å²) in [5, 5.41) is 12.7. The van der Waals surface area contributed by atoms with Gasteiger partial charge in [0.1, 0.15) is 6.61 Å². The van der Waals surface area contributed by atoms with Gasteiger partial charge in [0.2, 0.25) is 11.8 Å². The third-order valence-electron chi connectivity index (χ3n) is 7.73. The van der Waals surface area contributed by atoms with Gasteiger partial charge in [-0.1, -0.05) is 85.7 Å². The Hall–Kier alpha value is -3.71. The summed E-state index contributed by atoms with van der Waals surface area (Å²) in [7, 11) is 0. The molecule has 3 rings (SSSR count). The fraction of sp³-hybridized carbons (Fsp3) is 0.441. The van der Waals surface area contributed by atoms with Gasteiger partial charge in [-0.2, -0.15) is 0 Å². The first-order chi connectivity index (χ1) is 19.9. The van der Waals surface area contributed by atoms with E-state index in [-0.39, 0.29) is 49.9 Å². The van der Waals surface area contributed by atoms with Crippen LogP contribution >= 0.6 is 0 Å². The molecule has 7 heteroatoms. The first kappa shape index (κ1) is 31.8. The van der Waals surface area contributed by atoms with Crippen molar-refractivity contribution in [2.75, 3.05) is 19.8 Å². The maximum atomic E-state index is 13.6. The summed E-state index contributed by atoms with van der Waals surface area (Å²) in [5.74, 6) is -1.71. The van der Waals surface area contributed by atoms with E-state index < -0.39 is 11.5 Å². The molecule has 0 aliphatic heterocycles. The van der Waals surface area contributed by atoms with Crippen LogP contribution in [0.25, 0.3) is 0 Å². The average molecular weight is 561 g/mol. The highest BCUT2D eigenvalue weighted by atomic mass is 16.5. The van der Waals surface area contributed by atoms with Gasteiger partial charge >= 0.3 is 5.97 Å². The molecule has 1 aliphatic carbocycles. The molecule has 1 saturated carbocycles. The Balaban J connectivity index is 1.64. The molecule has 7 nitrogen and oxygen atoms in total. The second kappa shape index (κ2) is 16.5. The predicted molar refractivity (Wildman–Crippen MR) is 161 cm³/mol. The molecule has 0 spiro atoms. The van der Waals surface area contributed by atoms with Crippen LogP contribution in [0.1, 0.15) is 56.1 Å². The molecule has 2 aromatic carbocycles. The van der Waals surface area contributed by atoms with E-state index in [1.807, 2.05) is 60.7 Å². The fourth-order valence-electron chi connectivity index (χ4n) is 5.45. The van der Waals surface area contributed by atoms with Crippen molar-refractivity contribution in [2.24, 2.45) is 11.8 Å². The van der Waals surface area contributed by atoms with Crippen LogP contribution < -0.4 is 5.32 Å². The van der Waals surface area contributed by atoms with Crippen LogP contribution in [0.3, 0.4) is 0 Å². The number of nitrogens with zero attached hydrogens (tertiary/aromatic N) is 1. The Morgan fingerprint density at radius 2 is 1.51 bits per heavy atom. The van der Waals surface area contributed by atoms with Gasteiger partial charge < -0.3 is 20.1 Å². The largest absolute Gasteiger partial charge is 0.463 e. The second-order valence-electron chi connectivity index (χ2n) is 10.9. The van der Waals surface area contributed by atoms with E-state index in [0.717, 1.165) is 24.0 Å². The lowest BCUT2D eigenvalue weighted by atomic mass is 9.93. The lowest BCUT2D eigenvalue weighted by molar-refractivity contribution is -0.152. The number of ether oxygens (including phenoxy) is 1. The number of hydrogen-bond donors (Lipinski definition) is 2. The number of esters is 1. The topological polar surface area (TPSA) is 95.9 Å². The molecule has 0 unspecified atom stereocenters. The Labute approximate surface area is 244 Å². The van der Waals surface area contributed by atoms with Gasteiger partial charge in [0, 0.05) is 19.5 Å². The van der Waals surface area contributed by atoms with E-state index >= 15 is 0 Å². The molecule has 0 saturated heterocycles. The van der Waals surface area contributed by atoms with E-state index in [1.54, 1.807) is 17.1 Å². The summed E-state index contributed by atoms with van der Waals surface area (Å²) in [6.45, 7) is 8.08. The first-order valence-electron chi connectivity index (χ1n) is 14.6. The van der Waals surface area contributed by atoms with Crippen molar-refractivity contribution in [3.8, 4) is 0 Å². The Kier molecular flexibility index (Phi) is 12.8. The minimum absolute atomic E-state index is 0.000953.